The monoisotopic (exact) mass is 292 g/mol. The molecule has 1 N–H and O–H groups in total. The number of hydrogen-bond acceptors (Lipinski definition) is 2. The van der Waals surface area contributed by atoms with Crippen molar-refractivity contribution in [3.05, 3.63) is 60.8 Å². The maximum atomic E-state index is 14.4. The predicted molar refractivity (Wildman–Crippen MR) is 83.7 cm³/mol. The van der Waals surface area contributed by atoms with Gasteiger partial charge in [-0.1, -0.05) is 18.2 Å². The molecule has 108 valence electrons. The first kappa shape index (κ1) is 12.8. The van der Waals surface area contributed by atoms with E-state index in [-0.39, 0.29) is 5.82 Å². The molecule has 0 fully saturated rings. The Labute approximate surface area is 126 Å². The Morgan fingerprint density at radius 2 is 1.95 bits per heavy atom. The molecule has 0 amide bonds. The van der Waals surface area contributed by atoms with Crippen molar-refractivity contribution in [3.8, 4) is 22.5 Å². The van der Waals surface area contributed by atoms with Gasteiger partial charge in [-0.25, -0.2) is 4.39 Å². The first-order chi connectivity index (χ1) is 10.7. The third-order valence-corrected chi connectivity index (χ3v) is 3.66. The maximum absolute atomic E-state index is 14.4. The number of H-pyrrole nitrogens is 1. The number of hydrogen-bond donors (Lipinski definition) is 1. The van der Waals surface area contributed by atoms with Crippen LogP contribution in [0.15, 0.2) is 55.0 Å². The fraction of sp³-hybridized carbons (Fsp3) is 0.0588. The van der Waals surface area contributed by atoms with Crippen molar-refractivity contribution in [2.45, 2.75) is 0 Å². The Bertz CT molecular complexity index is 935. The van der Waals surface area contributed by atoms with Crippen molar-refractivity contribution in [3.63, 3.8) is 0 Å². The minimum Gasteiger partial charge on any atom is -0.353 e. The lowest BCUT2D eigenvalue weighted by Crippen LogP contribution is -1.91. The van der Waals surface area contributed by atoms with Gasteiger partial charge in [0, 0.05) is 41.5 Å². The van der Waals surface area contributed by atoms with E-state index in [9.17, 15) is 4.39 Å². The number of benzene rings is 1. The zero-order chi connectivity index (χ0) is 15.1. The summed E-state index contributed by atoms with van der Waals surface area (Å²) >= 11 is 0. The Morgan fingerprint density at radius 1 is 1.09 bits per heavy atom. The SMILES string of the molecule is Cn1cc(-c2cnc(-c3cc4ccccc4[nH]3)c(F)c2)cn1. The van der Waals surface area contributed by atoms with Crippen LogP contribution < -0.4 is 0 Å². The minimum absolute atomic E-state index is 0.323. The molecule has 0 saturated carbocycles. The average Bonchev–Trinajstić information content (AvgIpc) is 3.13. The van der Waals surface area contributed by atoms with Crippen LogP contribution in [0.5, 0.6) is 0 Å². The largest absolute Gasteiger partial charge is 0.353 e. The van der Waals surface area contributed by atoms with Crippen LogP contribution in [0.1, 0.15) is 0 Å². The molecule has 0 spiro atoms. The van der Waals surface area contributed by atoms with E-state index in [0.29, 0.717) is 17.0 Å². The van der Waals surface area contributed by atoms with Crippen LogP contribution in [0.25, 0.3) is 33.4 Å². The quantitative estimate of drug-likeness (QED) is 0.611. The highest BCUT2D eigenvalue weighted by atomic mass is 19.1. The lowest BCUT2D eigenvalue weighted by atomic mass is 10.1. The molecule has 22 heavy (non-hydrogen) atoms. The maximum Gasteiger partial charge on any atom is 0.151 e. The number of pyridine rings is 1. The van der Waals surface area contributed by atoms with E-state index in [4.69, 9.17) is 0 Å². The second kappa shape index (κ2) is 4.80. The molecular formula is C17H13FN4. The lowest BCUT2D eigenvalue weighted by molar-refractivity contribution is 0.626. The third-order valence-electron chi connectivity index (χ3n) is 3.66. The number of nitrogens with one attached hydrogen (secondary N) is 1. The van der Waals surface area contributed by atoms with Crippen LogP contribution in [-0.2, 0) is 7.05 Å². The molecule has 4 aromatic rings. The molecule has 0 radical (unpaired) electrons. The number of fused-ring (bicyclic) bond motifs is 1. The number of rotatable bonds is 2. The van der Waals surface area contributed by atoms with Crippen molar-refractivity contribution < 1.29 is 4.39 Å². The molecule has 3 heterocycles. The third kappa shape index (κ3) is 2.07. The zero-order valence-corrected chi connectivity index (χ0v) is 11.9. The summed E-state index contributed by atoms with van der Waals surface area (Å²) in [5, 5.41) is 5.13. The fourth-order valence-electron chi connectivity index (χ4n) is 2.57. The first-order valence-corrected chi connectivity index (χ1v) is 6.93. The Morgan fingerprint density at radius 3 is 2.68 bits per heavy atom. The van der Waals surface area contributed by atoms with Gasteiger partial charge in [-0.05, 0) is 18.2 Å². The smallest absolute Gasteiger partial charge is 0.151 e. The van der Waals surface area contributed by atoms with Gasteiger partial charge in [-0.2, -0.15) is 5.10 Å². The molecular weight excluding hydrogens is 279 g/mol. The van der Waals surface area contributed by atoms with Crippen LogP contribution in [0.2, 0.25) is 0 Å². The van der Waals surface area contributed by atoms with E-state index in [1.807, 2.05) is 43.6 Å². The summed E-state index contributed by atoms with van der Waals surface area (Å²) in [6.07, 6.45) is 5.19. The van der Waals surface area contributed by atoms with Gasteiger partial charge in [0.05, 0.1) is 11.9 Å². The summed E-state index contributed by atoms with van der Waals surface area (Å²) in [5.41, 5.74) is 3.53. The summed E-state index contributed by atoms with van der Waals surface area (Å²) < 4.78 is 16.1. The van der Waals surface area contributed by atoms with Crippen molar-refractivity contribution in [2.24, 2.45) is 7.05 Å². The summed E-state index contributed by atoms with van der Waals surface area (Å²) in [5.74, 6) is -0.354. The Balaban J connectivity index is 1.79. The second-order valence-electron chi connectivity index (χ2n) is 5.23. The normalized spacial score (nSPS) is 11.2. The molecule has 0 bridgehead atoms. The summed E-state index contributed by atoms with van der Waals surface area (Å²) in [6.45, 7) is 0. The molecule has 0 unspecified atom stereocenters. The number of aromatic nitrogens is 4. The van der Waals surface area contributed by atoms with Crippen LogP contribution in [0.3, 0.4) is 0 Å². The van der Waals surface area contributed by atoms with E-state index < -0.39 is 0 Å². The molecule has 1 aromatic carbocycles. The molecule has 4 rings (SSSR count). The molecule has 5 heteroatoms. The molecule has 0 saturated heterocycles. The highest BCUT2D eigenvalue weighted by Crippen LogP contribution is 2.27. The highest BCUT2D eigenvalue weighted by Gasteiger charge is 2.12. The number of nitrogens with zero attached hydrogens (tertiary/aromatic N) is 3. The topological polar surface area (TPSA) is 46.5 Å². The van der Waals surface area contributed by atoms with Crippen LogP contribution in [-0.4, -0.2) is 19.7 Å². The van der Waals surface area contributed by atoms with Gasteiger partial charge in [-0.3, -0.25) is 9.67 Å². The van der Waals surface area contributed by atoms with Gasteiger partial charge in [0.25, 0.3) is 0 Å². The predicted octanol–water partition coefficient (Wildman–Crippen LogP) is 3.77. The second-order valence-corrected chi connectivity index (χ2v) is 5.23. The number of aromatic amines is 1. The van der Waals surface area contributed by atoms with E-state index in [2.05, 4.69) is 15.1 Å². The van der Waals surface area contributed by atoms with Gasteiger partial charge in [0.1, 0.15) is 5.69 Å². The van der Waals surface area contributed by atoms with Crippen LogP contribution >= 0.6 is 0 Å². The van der Waals surface area contributed by atoms with Gasteiger partial charge in [0.2, 0.25) is 0 Å². The van der Waals surface area contributed by atoms with E-state index in [1.165, 1.54) is 6.07 Å². The number of halogens is 1. The molecule has 0 aliphatic carbocycles. The number of para-hydroxylation sites is 1. The molecule has 0 aliphatic rings. The van der Waals surface area contributed by atoms with Crippen molar-refractivity contribution in [2.75, 3.05) is 0 Å². The minimum atomic E-state index is -0.354. The highest BCUT2D eigenvalue weighted by molar-refractivity contribution is 5.85. The molecule has 3 aromatic heterocycles. The fourth-order valence-corrected chi connectivity index (χ4v) is 2.57. The zero-order valence-electron chi connectivity index (χ0n) is 11.9. The standard InChI is InChI=1S/C17H13FN4/c1-22-10-13(9-20-22)12-6-14(18)17(19-8-12)16-7-11-4-2-3-5-15(11)21-16/h2-10,21H,1H3. The van der Waals surface area contributed by atoms with Gasteiger partial charge >= 0.3 is 0 Å². The van der Waals surface area contributed by atoms with Gasteiger partial charge in [0.15, 0.2) is 5.82 Å². The number of aryl methyl sites for hydroxylation is 1. The summed E-state index contributed by atoms with van der Waals surface area (Å²) in [6, 6.07) is 11.2. The van der Waals surface area contributed by atoms with Crippen LogP contribution in [0, 0.1) is 5.82 Å². The summed E-state index contributed by atoms with van der Waals surface area (Å²) in [7, 11) is 1.83. The van der Waals surface area contributed by atoms with Gasteiger partial charge in [-0.15, -0.1) is 0 Å². The molecule has 4 nitrogen and oxygen atoms in total. The van der Waals surface area contributed by atoms with Crippen molar-refractivity contribution in [1.29, 1.82) is 0 Å². The molecule has 0 atom stereocenters. The Hall–Kier alpha value is -2.95. The average molecular weight is 292 g/mol. The Kier molecular flexibility index (Phi) is 2.79. The summed E-state index contributed by atoms with van der Waals surface area (Å²) in [4.78, 5) is 7.48. The lowest BCUT2D eigenvalue weighted by Gasteiger charge is -2.02. The van der Waals surface area contributed by atoms with Gasteiger partial charge < -0.3 is 4.98 Å². The molecule has 0 aliphatic heterocycles. The van der Waals surface area contributed by atoms with E-state index in [1.54, 1.807) is 17.1 Å². The van der Waals surface area contributed by atoms with E-state index >= 15 is 0 Å². The van der Waals surface area contributed by atoms with Crippen molar-refractivity contribution in [1.82, 2.24) is 19.7 Å². The van der Waals surface area contributed by atoms with Crippen molar-refractivity contribution >= 4 is 10.9 Å². The van der Waals surface area contributed by atoms with E-state index in [0.717, 1.165) is 16.5 Å². The van der Waals surface area contributed by atoms with Crippen LogP contribution in [0.4, 0.5) is 4.39 Å². The first-order valence-electron chi connectivity index (χ1n) is 6.93.